The average Bonchev–Trinajstić information content (AvgIpc) is 2.14. The number of hydrogen-bond donors (Lipinski definition) is 2. The van der Waals surface area contributed by atoms with E-state index in [2.05, 4.69) is 37.9 Å². The highest BCUT2D eigenvalue weighted by Crippen LogP contribution is 2.15. The third-order valence-corrected chi connectivity index (χ3v) is 2.37. The van der Waals surface area contributed by atoms with E-state index >= 15 is 0 Å². The molecule has 14 heavy (non-hydrogen) atoms. The molecule has 0 atom stereocenters. The van der Waals surface area contributed by atoms with E-state index in [0.717, 1.165) is 32.7 Å². The SMILES string of the molecule is CCNCC(C)(C)CN(CC)CCO. The fourth-order valence-corrected chi connectivity index (χ4v) is 1.62. The van der Waals surface area contributed by atoms with Crippen molar-refractivity contribution in [3.63, 3.8) is 0 Å². The van der Waals surface area contributed by atoms with E-state index < -0.39 is 0 Å². The molecule has 0 unspecified atom stereocenters. The van der Waals surface area contributed by atoms with Gasteiger partial charge in [-0.1, -0.05) is 27.7 Å². The Hall–Kier alpha value is -0.120. The summed E-state index contributed by atoms with van der Waals surface area (Å²) in [6.07, 6.45) is 0. The zero-order valence-corrected chi connectivity index (χ0v) is 10.1. The van der Waals surface area contributed by atoms with Crippen molar-refractivity contribution in [2.24, 2.45) is 5.41 Å². The third-order valence-electron chi connectivity index (χ3n) is 2.37. The molecule has 2 N–H and O–H groups in total. The van der Waals surface area contributed by atoms with Gasteiger partial charge in [0, 0.05) is 19.6 Å². The van der Waals surface area contributed by atoms with Crippen LogP contribution in [0.25, 0.3) is 0 Å². The molecule has 0 amide bonds. The second kappa shape index (κ2) is 7.21. The summed E-state index contributed by atoms with van der Waals surface area (Å²) < 4.78 is 0. The van der Waals surface area contributed by atoms with E-state index in [1.54, 1.807) is 0 Å². The number of aliphatic hydroxyl groups is 1. The van der Waals surface area contributed by atoms with Crippen LogP contribution in [-0.4, -0.2) is 49.3 Å². The molecule has 0 aromatic heterocycles. The molecule has 0 bridgehead atoms. The van der Waals surface area contributed by atoms with Gasteiger partial charge in [-0.2, -0.15) is 0 Å². The van der Waals surface area contributed by atoms with E-state index in [1.807, 2.05) is 0 Å². The van der Waals surface area contributed by atoms with Crippen molar-refractivity contribution >= 4 is 0 Å². The minimum Gasteiger partial charge on any atom is -0.395 e. The van der Waals surface area contributed by atoms with Crippen molar-refractivity contribution in [2.75, 3.05) is 39.3 Å². The highest BCUT2D eigenvalue weighted by atomic mass is 16.3. The standard InChI is InChI=1S/C11H26N2O/c1-5-12-9-11(3,4)10-13(6-2)7-8-14/h12,14H,5-10H2,1-4H3. The highest BCUT2D eigenvalue weighted by Gasteiger charge is 2.20. The lowest BCUT2D eigenvalue weighted by atomic mass is 9.92. The predicted octanol–water partition coefficient (Wildman–Crippen LogP) is 0.936. The Labute approximate surface area is 88.5 Å². The van der Waals surface area contributed by atoms with E-state index in [9.17, 15) is 0 Å². The zero-order chi connectivity index (χ0) is 11.0. The molecule has 0 radical (unpaired) electrons. The Balaban J connectivity index is 3.89. The van der Waals surface area contributed by atoms with Gasteiger partial charge in [0.15, 0.2) is 0 Å². The molecule has 0 fully saturated rings. The lowest BCUT2D eigenvalue weighted by molar-refractivity contribution is 0.148. The van der Waals surface area contributed by atoms with Gasteiger partial charge in [0.1, 0.15) is 0 Å². The van der Waals surface area contributed by atoms with Crippen molar-refractivity contribution in [1.29, 1.82) is 0 Å². The lowest BCUT2D eigenvalue weighted by Crippen LogP contribution is -2.41. The van der Waals surface area contributed by atoms with Crippen LogP contribution in [0.5, 0.6) is 0 Å². The minimum atomic E-state index is 0.255. The van der Waals surface area contributed by atoms with Gasteiger partial charge in [-0.05, 0) is 18.5 Å². The fraction of sp³-hybridized carbons (Fsp3) is 1.00. The molecule has 0 spiro atoms. The van der Waals surface area contributed by atoms with Gasteiger partial charge in [0.2, 0.25) is 0 Å². The molecule has 0 aliphatic heterocycles. The van der Waals surface area contributed by atoms with Crippen LogP contribution in [0.3, 0.4) is 0 Å². The topological polar surface area (TPSA) is 35.5 Å². The highest BCUT2D eigenvalue weighted by molar-refractivity contribution is 4.75. The maximum Gasteiger partial charge on any atom is 0.0558 e. The summed E-state index contributed by atoms with van der Waals surface area (Å²) in [5.74, 6) is 0. The van der Waals surface area contributed by atoms with Gasteiger partial charge in [0.25, 0.3) is 0 Å². The normalized spacial score (nSPS) is 12.4. The van der Waals surface area contributed by atoms with Crippen molar-refractivity contribution in [3.05, 3.63) is 0 Å². The summed E-state index contributed by atoms with van der Waals surface area (Å²) in [7, 11) is 0. The summed E-state index contributed by atoms with van der Waals surface area (Å²) in [6, 6.07) is 0. The van der Waals surface area contributed by atoms with Gasteiger partial charge >= 0.3 is 0 Å². The monoisotopic (exact) mass is 202 g/mol. The first-order valence-corrected chi connectivity index (χ1v) is 5.59. The molecule has 0 saturated heterocycles. The number of rotatable bonds is 8. The number of aliphatic hydroxyl groups excluding tert-OH is 1. The van der Waals surface area contributed by atoms with Crippen LogP contribution >= 0.6 is 0 Å². The van der Waals surface area contributed by atoms with Crippen LogP contribution in [0.4, 0.5) is 0 Å². The second-order valence-electron chi connectivity index (χ2n) is 4.54. The molecule has 0 saturated carbocycles. The van der Waals surface area contributed by atoms with Crippen molar-refractivity contribution < 1.29 is 5.11 Å². The minimum absolute atomic E-state index is 0.255. The summed E-state index contributed by atoms with van der Waals surface area (Å²) in [6.45, 7) is 13.9. The van der Waals surface area contributed by atoms with E-state index in [4.69, 9.17) is 5.11 Å². The maximum absolute atomic E-state index is 8.88. The molecule has 0 heterocycles. The first kappa shape index (κ1) is 13.9. The van der Waals surface area contributed by atoms with Gasteiger partial charge < -0.3 is 15.3 Å². The van der Waals surface area contributed by atoms with Crippen LogP contribution in [0, 0.1) is 5.41 Å². The Morgan fingerprint density at radius 2 is 1.93 bits per heavy atom. The number of nitrogens with one attached hydrogen (secondary N) is 1. The quantitative estimate of drug-likeness (QED) is 0.615. The third kappa shape index (κ3) is 6.35. The second-order valence-corrected chi connectivity index (χ2v) is 4.54. The van der Waals surface area contributed by atoms with Gasteiger partial charge in [-0.15, -0.1) is 0 Å². The molecule has 86 valence electrons. The summed E-state index contributed by atoms with van der Waals surface area (Å²) in [5.41, 5.74) is 0.279. The Morgan fingerprint density at radius 3 is 2.36 bits per heavy atom. The first-order chi connectivity index (χ1) is 6.55. The van der Waals surface area contributed by atoms with E-state index in [-0.39, 0.29) is 12.0 Å². The number of hydrogen-bond acceptors (Lipinski definition) is 3. The Bertz CT molecular complexity index is 137. The van der Waals surface area contributed by atoms with Crippen LogP contribution < -0.4 is 5.32 Å². The molecule has 3 nitrogen and oxygen atoms in total. The van der Waals surface area contributed by atoms with Crippen LogP contribution in [-0.2, 0) is 0 Å². The molecule has 0 rings (SSSR count). The van der Waals surface area contributed by atoms with Crippen LogP contribution in [0.15, 0.2) is 0 Å². The van der Waals surface area contributed by atoms with Crippen molar-refractivity contribution in [3.8, 4) is 0 Å². The average molecular weight is 202 g/mol. The molecule has 0 aromatic rings. The largest absolute Gasteiger partial charge is 0.395 e. The summed E-state index contributed by atoms with van der Waals surface area (Å²) in [4.78, 5) is 2.29. The van der Waals surface area contributed by atoms with Gasteiger partial charge in [0.05, 0.1) is 6.61 Å². The smallest absolute Gasteiger partial charge is 0.0558 e. The lowest BCUT2D eigenvalue weighted by Gasteiger charge is -2.31. The molecule has 0 aliphatic carbocycles. The Kier molecular flexibility index (Phi) is 7.15. The molecule has 0 aromatic carbocycles. The zero-order valence-electron chi connectivity index (χ0n) is 10.1. The molecule has 0 aliphatic rings. The molecular formula is C11H26N2O. The van der Waals surface area contributed by atoms with Crippen LogP contribution in [0.1, 0.15) is 27.7 Å². The molecule has 3 heteroatoms. The van der Waals surface area contributed by atoms with Crippen molar-refractivity contribution in [1.82, 2.24) is 10.2 Å². The summed E-state index contributed by atoms with van der Waals surface area (Å²) >= 11 is 0. The van der Waals surface area contributed by atoms with Gasteiger partial charge in [-0.25, -0.2) is 0 Å². The Morgan fingerprint density at radius 1 is 1.29 bits per heavy atom. The van der Waals surface area contributed by atoms with Crippen LogP contribution in [0.2, 0.25) is 0 Å². The summed E-state index contributed by atoms with van der Waals surface area (Å²) in [5, 5.41) is 12.3. The van der Waals surface area contributed by atoms with Gasteiger partial charge in [-0.3, -0.25) is 0 Å². The predicted molar refractivity (Wildman–Crippen MR) is 61.5 cm³/mol. The fourth-order valence-electron chi connectivity index (χ4n) is 1.62. The number of likely N-dealkylation sites (N-methyl/N-ethyl adjacent to an activating group) is 1. The first-order valence-electron chi connectivity index (χ1n) is 5.59. The van der Waals surface area contributed by atoms with E-state index in [1.165, 1.54) is 0 Å². The maximum atomic E-state index is 8.88. The number of nitrogens with zero attached hydrogens (tertiary/aromatic N) is 1. The van der Waals surface area contributed by atoms with Crippen molar-refractivity contribution in [2.45, 2.75) is 27.7 Å². The molecular weight excluding hydrogens is 176 g/mol. The van der Waals surface area contributed by atoms with E-state index in [0.29, 0.717) is 0 Å².